The van der Waals surface area contributed by atoms with Crippen molar-refractivity contribution in [1.29, 1.82) is 0 Å². The zero-order valence-electron chi connectivity index (χ0n) is 23.3. The van der Waals surface area contributed by atoms with Crippen LogP contribution in [0.5, 0.6) is 0 Å². The number of nitrogens with zero attached hydrogens (tertiary/aromatic N) is 2. The molecule has 0 atom stereocenters. The largest absolute Gasteiger partial charge is 0.385 e. The molecular formula is C33H41N3O3. The van der Waals surface area contributed by atoms with Gasteiger partial charge < -0.3 is 19.2 Å². The Hall–Kier alpha value is -3.64. The fourth-order valence-corrected chi connectivity index (χ4v) is 5.19. The number of fused-ring (bicyclic) bond motifs is 1. The Balaban J connectivity index is 0.000000202. The molecule has 206 valence electrons. The number of ether oxygens (including phenoxy) is 1. The summed E-state index contributed by atoms with van der Waals surface area (Å²) in [5.41, 5.74) is 5.92. The van der Waals surface area contributed by atoms with E-state index in [1.54, 1.807) is 13.3 Å². The minimum Gasteiger partial charge on any atom is -0.385 e. The third-order valence-corrected chi connectivity index (χ3v) is 7.37. The van der Waals surface area contributed by atoms with Gasteiger partial charge in [0.05, 0.1) is 0 Å². The maximum Gasteiger partial charge on any atom is 0.247 e. The topological polar surface area (TPSA) is 67.3 Å². The van der Waals surface area contributed by atoms with E-state index in [0.717, 1.165) is 69.5 Å². The van der Waals surface area contributed by atoms with E-state index in [4.69, 9.17) is 4.74 Å². The molecular weight excluding hydrogens is 486 g/mol. The van der Waals surface area contributed by atoms with Crippen molar-refractivity contribution in [1.82, 2.24) is 14.5 Å². The van der Waals surface area contributed by atoms with Crippen molar-refractivity contribution in [2.45, 2.75) is 58.4 Å². The summed E-state index contributed by atoms with van der Waals surface area (Å²) in [6.45, 7) is 5.89. The first-order valence-electron chi connectivity index (χ1n) is 14.1. The highest BCUT2D eigenvalue weighted by Crippen LogP contribution is 2.21. The van der Waals surface area contributed by atoms with Crippen LogP contribution in [0.4, 0.5) is 0 Å². The number of pyridine rings is 1. The van der Waals surface area contributed by atoms with Gasteiger partial charge in [-0.3, -0.25) is 9.59 Å². The molecule has 3 heterocycles. The Bertz CT molecular complexity index is 1360. The van der Waals surface area contributed by atoms with Crippen molar-refractivity contribution in [2.24, 2.45) is 0 Å². The van der Waals surface area contributed by atoms with Gasteiger partial charge in [-0.05, 0) is 79.8 Å². The Kier molecular flexibility index (Phi) is 10.5. The molecule has 1 amide bonds. The van der Waals surface area contributed by atoms with E-state index in [2.05, 4.69) is 71.2 Å². The lowest BCUT2D eigenvalue weighted by molar-refractivity contribution is -0.132. The number of aromatic amines is 1. The van der Waals surface area contributed by atoms with Crippen molar-refractivity contribution in [2.75, 3.05) is 26.8 Å². The molecule has 0 radical (unpaired) electrons. The Morgan fingerprint density at radius 2 is 1.67 bits per heavy atom. The number of aromatic nitrogens is 2. The quantitative estimate of drug-likeness (QED) is 0.258. The summed E-state index contributed by atoms with van der Waals surface area (Å²) in [7, 11) is 1.75. The molecule has 5 rings (SSSR count). The van der Waals surface area contributed by atoms with Crippen molar-refractivity contribution in [3.63, 3.8) is 0 Å². The second kappa shape index (κ2) is 14.5. The standard InChI is InChI=1S/C20H24N2O2.C13H17NO/c23-19-12-11-18(15-21-19)17-9-7-16(8-10-17)5-4-6-20(24)22-13-2-1-3-14-22;1-11-10-14(8-5-9-15-2)13-7-4-3-6-12(11)13/h7-12,15H,1-6,13-14H2,(H,21,23);3-4,6-7,10H,5,8-9H2,1-2H3. The van der Waals surface area contributed by atoms with Gasteiger partial charge in [0.25, 0.3) is 0 Å². The van der Waals surface area contributed by atoms with Crippen LogP contribution in [0.1, 0.15) is 49.7 Å². The van der Waals surface area contributed by atoms with Gasteiger partial charge in [0.15, 0.2) is 0 Å². The van der Waals surface area contributed by atoms with Crippen LogP contribution < -0.4 is 5.56 Å². The minimum absolute atomic E-state index is 0.0891. The van der Waals surface area contributed by atoms with E-state index in [1.807, 2.05) is 11.0 Å². The van der Waals surface area contributed by atoms with Gasteiger partial charge in [0.1, 0.15) is 0 Å². The zero-order chi connectivity index (χ0) is 27.5. The summed E-state index contributed by atoms with van der Waals surface area (Å²) >= 11 is 0. The third-order valence-electron chi connectivity index (χ3n) is 7.37. The Morgan fingerprint density at radius 3 is 2.38 bits per heavy atom. The normalized spacial score (nSPS) is 13.2. The number of piperidine rings is 1. The van der Waals surface area contributed by atoms with Gasteiger partial charge in [-0.2, -0.15) is 0 Å². The van der Waals surface area contributed by atoms with Gasteiger partial charge in [0, 0.05) is 69.1 Å². The van der Waals surface area contributed by atoms with E-state index >= 15 is 0 Å². The minimum atomic E-state index is -0.0891. The van der Waals surface area contributed by atoms with E-state index in [0.29, 0.717) is 12.3 Å². The monoisotopic (exact) mass is 527 g/mol. The highest BCUT2D eigenvalue weighted by Gasteiger charge is 2.15. The molecule has 1 aliphatic rings. The fraction of sp³-hybridized carbons (Fsp3) is 0.394. The highest BCUT2D eigenvalue weighted by molar-refractivity contribution is 5.83. The molecule has 1 aliphatic heterocycles. The van der Waals surface area contributed by atoms with Gasteiger partial charge >= 0.3 is 0 Å². The number of amides is 1. The average Bonchev–Trinajstić information content (AvgIpc) is 3.30. The van der Waals surface area contributed by atoms with E-state index in [9.17, 15) is 9.59 Å². The molecule has 0 saturated carbocycles. The van der Waals surface area contributed by atoms with Crippen LogP contribution in [0.2, 0.25) is 0 Å². The molecule has 1 saturated heterocycles. The number of carbonyl (C=O) groups is 1. The van der Waals surface area contributed by atoms with E-state index in [1.165, 1.54) is 34.5 Å². The SMILES string of the molecule is COCCCn1cc(C)c2ccccc21.O=C(CCCc1ccc(-c2ccc(=O)[nH]c2)cc1)N1CCCCC1. The summed E-state index contributed by atoms with van der Waals surface area (Å²) in [5.74, 6) is 0.305. The molecule has 6 heteroatoms. The first-order chi connectivity index (χ1) is 19.0. The fourth-order valence-electron chi connectivity index (χ4n) is 5.19. The number of hydrogen-bond donors (Lipinski definition) is 1. The van der Waals surface area contributed by atoms with E-state index < -0.39 is 0 Å². The molecule has 6 nitrogen and oxygen atoms in total. The second-order valence-electron chi connectivity index (χ2n) is 10.3. The van der Waals surface area contributed by atoms with E-state index in [-0.39, 0.29) is 5.56 Å². The van der Waals surface area contributed by atoms with Crippen LogP contribution in [-0.4, -0.2) is 47.2 Å². The number of para-hydroxylation sites is 1. The summed E-state index contributed by atoms with van der Waals surface area (Å²) < 4.78 is 7.38. The maximum atomic E-state index is 12.2. The maximum absolute atomic E-state index is 12.2. The zero-order valence-corrected chi connectivity index (χ0v) is 23.3. The molecule has 2 aromatic carbocycles. The van der Waals surface area contributed by atoms with Crippen molar-refractivity contribution < 1.29 is 9.53 Å². The first kappa shape index (κ1) is 28.4. The van der Waals surface area contributed by atoms with Crippen LogP contribution >= 0.6 is 0 Å². The molecule has 4 aromatic rings. The molecule has 2 aromatic heterocycles. The number of H-pyrrole nitrogens is 1. The Labute approximate surface area is 231 Å². The molecule has 39 heavy (non-hydrogen) atoms. The number of likely N-dealkylation sites (tertiary alicyclic amines) is 1. The lowest BCUT2D eigenvalue weighted by Crippen LogP contribution is -2.35. The van der Waals surface area contributed by atoms with Crippen LogP contribution in [0.3, 0.4) is 0 Å². The number of methoxy groups -OCH3 is 1. The van der Waals surface area contributed by atoms with Crippen LogP contribution in [0, 0.1) is 6.92 Å². The van der Waals surface area contributed by atoms with Gasteiger partial charge in [-0.1, -0.05) is 42.5 Å². The lowest BCUT2D eigenvalue weighted by Gasteiger charge is -2.26. The number of carbonyl (C=O) groups excluding carboxylic acids is 1. The van der Waals surface area contributed by atoms with Crippen LogP contribution in [0.15, 0.2) is 77.9 Å². The number of benzene rings is 2. The molecule has 0 spiro atoms. The predicted octanol–water partition coefficient (Wildman–Crippen LogP) is 6.36. The highest BCUT2D eigenvalue weighted by atomic mass is 16.5. The summed E-state index contributed by atoms with van der Waals surface area (Å²) in [5, 5.41) is 1.36. The number of rotatable bonds is 9. The second-order valence-corrected chi connectivity index (χ2v) is 10.3. The molecule has 1 fully saturated rings. The number of nitrogens with one attached hydrogen (secondary N) is 1. The third kappa shape index (κ3) is 8.17. The smallest absolute Gasteiger partial charge is 0.247 e. The average molecular weight is 528 g/mol. The number of aryl methyl sites for hydroxylation is 3. The predicted molar refractivity (Wildman–Crippen MR) is 159 cm³/mol. The lowest BCUT2D eigenvalue weighted by atomic mass is 10.0. The summed E-state index contributed by atoms with van der Waals surface area (Å²) in [4.78, 5) is 28.0. The van der Waals surface area contributed by atoms with Crippen molar-refractivity contribution >= 4 is 16.8 Å². The van der Waals surface area contributed by atoms with Gasteiger partial charge in [-0.15, -0.1) is 0 Å². The van der Waals surface area contributed by atoms with Crippen LogP contribution in [0.25, 0.3) is 22.0 Å². The molecule has 1 N–H and O–H groups in total. The molecule has 0 aliphatic carbocycles. The first-order valence-corrected chi connectivity index (χ1v) is 14.1. The summed E-state index contributed by atoms with van der Waals surface area (Å²) in [6, 6.07) is 20.2. The van der Waals surface area contributed by atoms with Gasteiger partial charge in [0.2, 0.25) is 11.5 Å². The molecule has 0 bridgehead atoms. The molecule has 0 unspecified atom stereocenters. The number of hydrogen-bond acceptors (Lipinski definition) is 3. The van der Waals surface area contributed by atoms with Crippen molar-refractivity contribution in [3.05, 3.63) is 94.5 Å². The Morgan fingerprint density at radius 1 is 0.923 bits per heavy atom. The van der Waals surface area contributed by atoms with Crippen molar-refractivity contribution in [3.8, 4) is 11.1 Å². The van der Waals surface area contributed by atoms with Gasteiger partial charge in [-0.25, -0.2) is 0 Å². The summed E-state index contributed by atoms with van der Waals surface area (Å²) in [6.07, 6.45) is 11.0. The van der Waals surface area contributed by atoms with Crippen LogP contribution in [-0.2, 0) is 22.5 Å².